The van der Waals surface area contributed by atoms with Crippen molar-refractivity contribution in [1.29, 1.82) is 0 Å². The quantitative estimate of drug-likeness (QED) is 0.683. The first kappa shape index (κ1) is 18.9. The lowest BCUT2D eigenvalue weighted by Gasteiger charge is -2.40. The largest absolute Gasteiger partial charge is 0.365 e. The first-order chi connectivity index (χ1) is 14.7. The van der Waals surface area contributed by atoms with Crippen LogP contribution < -0.4 is 10.6 Å². The number of hydrogen-bond acceptors (Lipinski definition) is 6. The van der Waals surface area contributed by atoms with Crippen LogP contribution in [0.3, 0.4) is 0 Å². The van der Waals surface area contributed by atoms with Gasteiger partial charge in [0.15, 0.2) is 0 Å². The van der Waals surface area contributed by atoms with Crippen LogP contribution in [0.1, 0.15) is 31.4 Å². The molecule has 1 aromatic carbocycles. The minimum Gasteiger partial charge on any atom is -0.365 e. The lowest BCUT2D eigenvalue weighted by Crippen LogP contribution is -2.57. The molecule has 0 unspecified atom stereocenters. The zero-order chi connectivity index (χ0) is 20.4. The molecule has 7 nitrogen and oxygen atoms in total. The van der Waals surface area contributed by atoms with Gasteiger partial charge in [0.2, 0.25) is 5.91 Å². The van der Waals surface area contributed by atoms with Crippen LogP contribution in [0.5, 0.6) is 0 Å². The molecule has 2 fully saturated rings. The van der Waals surface area contributed by atoms with E-state index in [9.17, 15) is 4.79 Å². The van der Waals surface area contributed by atoms with Crippen molar-refractivity contribution in [2.45, 2.75) is 43.8 Å². The number of rotatable bonds is 5. The highest BCUT2D eigenvalue weighted by atomic mass is 16.2. The molecule has 2 aliphatic rings. The fourth-order valence-electron chi connectivity index (χ4n) is 4.85. The number of anilines is 1. The maximum atomic E-state index is 13.3. The molecule has 0 bridgehead atoms. The van der Waals surface area contributed by atoms with Crippen molar-refractivity contribution in [1.82, 2.24) is 25.2 Å². The predicted octanol–water partition coefficient (Wildman–Crippen LogP) is 2.75. The third kappa shape index (κ3) is 3.61. The van der Waals surface area contributed by atoms with Gasteiger partial charge in [-0.05, 0) is 56.5 Å². The van der Waals surface area contributed by atoms with Gasteiger partial charge in [0.25, 0.3) is 0 Å². The molecule has 2 saturated heterocycles. The van der Waals surface area contributed by atoms with E-state index >= 15 is 0 Å². The van der Waals surface area contributed by atoms with Gasteiger partial charge >= 0.3 is 0 Å². The molecule has 2 aromatic heterocycles. The molecule has 0 spiro atoms. The maximum absolute atomic E-state index is 13.3. The number of fused-ring (bicyclic) bond motifs is 2. The molecule has 7 heteroatoms. The third-order valence-corrected chi connectivity index (χ3v) is 6.28. The third-order valence-electron chi connectivity index (χ3n) is 6.28. The average molecular weight is 403 g/mol. The standard InChI is InChI=1S/C23H26N6O/c30-22(26-14-17-7-3-5-11-24-17)23-10-4-6-12-29(23)16-18(13-23)27-21-15-25-19-8-1-2-9-20(19)28-21/h1-3,5,7-9,11,15,18H,4,6,10,12-14,16H2,(H,26,30)(H,27,28)/t18-,23-/m0/s1. The maximum Gasteiger partial charge on any atom is 0.240 e. The lowest BCUT2D eigenvalue weighted by atomic mass is 9.84. The highest BCUT2D eigenvalue weighted by Gasteiger charge is 2.51. The molecule has 154 valence electrons. The van der Waals surface area contributed by atoms with Gasteiger partial charge in [-0.25, -0.2) is 4.98 Å². The summed E-state index contributed by atoms with van der Waals surface area (Å²) in [5, 5.41) is 6.68. The van der Waals surface area contributed by atoms with Crippen LogP contribution >= 0.6 is 0 Å². The highest BCUT2D eigenvalue weighted by Crippen LogP contribution is 2.39. The minimum absolute atomic E-state index is 0.113. The van der Waals surface area contributed by atoms with E-state index < -0.39 is 5.54 Å². The van der Waals surface area contributed by atoms with Gasteiger partial charge in [-0.3, -0.25) is 19.7 Å². The van der Waals surface area contributed by atoms with Crippen LogP contribution in [0, 0.1) is 0 Å². The first-order valence-electron chi connectivity index (χ1n) is 10.6. The number of carbonyl (C=O) groups is 1. The second-order valence-corrected chi connectivity index (χ2v) is 8.23. The van der Waals surface area contributed by atoms with E-state index in [4.69, 9.17) is 4.98 Å². The van der Waals surface area contributed by atoms with Gasteiger partial charge in [-0.2, -0.15) is 0 Å². The number of aromatic nitrogens is 3. The lowest BCUT2D eigenvalue weighted by molar-refractivity contribution is -0.134. The molecule has 2 aliphatic heterocycles. The van der Waals surface area contributed by atoms with Gasteiger partial charge in [0.05, 0.1) is 29.5 Å². The van der Waals surface area contributed by atoms with Crippen molar-refractivity contribution in [2.24, 2.45) is 0 Å². The van der Waals surface area contributed by atoms with Gasteiger partial charge in [-0.15, -0.1) is 0 Å². The Bertz CT molecular complexity index is 1040. The summed E-state index contributed by atoms with van der Waals surface area (Å²) in [4.78, 5) is 29.2. The van der Waals surface area contributed by atoms with E-state index in [-0.39, 0.29) is 11.9 Å². The summed E-state index contributed by atoms with van der Waals surface area (Å²) in [5.41, 5.74) is 2.19. The molecule has 2 atom stereocenters. The molecule has 0 saturated carbocycles. The van der Waals surface area contributed by atoms with Crippen molar-refractivity contribution < 1.29 is 4.79 Å². The monoisotopic (exact) mass is 402 g/mol. The zero-order valence-electron chi connectivity index (χ0n) is 16.9. The second-order valence-electron chi connectivity index (χ2n) is 8.23. The summed E-state index contributed by atoms with van der Waals surface area (Å²) >= 11 is 0. The molecular formula is C23H26N6O. The van der Waals surface area contributed by atoms with Gasteiger partial charge < -0.3 is 10.6 Å². The summed E-state index contributed by atoms with van der Waals surface area (Å²) in [7, 11) is 0. The van der Waals surface area contributed by atoms with Crippen LogP contribution in [-0.2, 0) is 11.3 Å². The summed E-state index contributed by atoms with van der Waals surface area (Å²) in [6, 6.07) is 13.8. The highest BCUT2D eigenvalue weighted by molar-refractivity contribution is 5.87. The summed E-state index contributed by atoms with van der Waals surface area (Å²) in [6.45, 7) is 2.26. The number of nitrogens with zero attached hydrogens (tertiary/aromatic N) is 4. The summed E-state index contributed by atoms with van der Waals surface area (Å²) in [5.74, 6) is 0.879. The van der Waals surface area contributed by atoms with Crippen LogP contribution in [0.25, 0.3) is 11.0 Å². The molecule has 5 rings (SSSR count). The predicted molar refractivity (Wildman–Crippen MR) is 116 cm³/mol. The van der Waals surface area contributed by atoms with Crippen LogP contribution in [0.4, 0.5) is 5.82 Å². The van der Waals surface area contributed by atoms with Crippen molar-refractivity contribution in [3.63, 3.8) is 0 Å². The molecule has 1 amide bonds. The number of pyridine rings is 1. The Kier molecular flexibility index (Phi) is 5.04. The van der Waals surface area contributed by atoms with Crippen molar-refractivity contribution >= 4 is 22.8 Å². The number of hydrogen-bond donors (Lipinski definition) is 2. The van der Waals surface area contributed by atoms with Crippen LogP contribution in [-0.4, -0.2) is 50.4 Å². The fourth-order valence-corrected chi connectivity index (χ4v) is 4.85. The number of nitrogens with one attached hydrogen (secondary N) is 2. The number of carbonyl (C=O) groups excluding carboxylic acids is 1. The molecule has 3 aromatic rings. The first-order valence-corrected chi connectivity index (χ1v) is 10.6. The normalized spacial score (nSPS) is 23.8. The van der Waals surface area contributed by atoms with Crippen LogP contribution in [0.2, 0.25) is 0 Å². The van der Waals surface area contributed by atoms with E-state index in [0.717, 1.165) is 61.3 Å². The molecule has 30 heavy (non-hydrogen) atoms. The second kappa shape index (κ2) is 7.99. The molecule has 0 radical (unpaired) electrons. The van der Waals surface area contributed by atoms with Gasteiger partial charge in [-0.1, -0.05) is 18.2 Å². The Morgan fingerprint density at radius 3 is 2.83 bits per heavy atom. The van der Waals surface area contributed by atoms with Gasteiger partial charge in [0.1, 0.15) is 11.4 Å². The smallest absolute Gasteiger partial charge is 0.240 e. The summed E-state index contributed by atoms with van der Waals surface area (Å²) < 4.78 is 0. The zero-order valence-corrected chi connectivity index (χ0v) is 16.9. The molecule has 2 N–H and O–H groups in total. The van der Waals surface area contributed by atoms with E-state index in [1.807, 2.05) is 42.5 Å². The number of amides is 1. The Morgan fingerprint density at radius 2 is 1.97 bits per heavy atom. The van der Waals surface area contributed by atoms with Crippen molar-refractivity contribution in [2.75, 3.05) is 18.4 Å². The van der Waals surface area contributed by atoms with E-state index in [1.54, 1.807) is 12.4 Å². The molecular weight excluding hydrogens is 376 g/mol. The Balaban J connectivity index is 1.31. The van der Waals surface area contributed by atoms with Gasteiger partial charge in [0, 0.05) is 18.8 Å². The fraction of sp³-hybridized carbons (Fsp3) is 0.391. The number of para-hydroxylation sites is 2. The van der Waals surface area contributed by atoms with E-state index in [0.29, 0.717) is 6.54 Å². The van der Waals surface area contributed by atoms with Crippen molar-refractivity contribution in [3.8, 4) is 0 Å². The van der Waals surface area contributed by atoms with E-state index in [2.05, 4.69) is 25.5 Å². The molecule has 0 aliphatic carbocycles. The Labute approximate surface area is 175 Å². The SMILES string of the molecule is O=C(NCc1ccccn1)[C@@]12CCCCN1C[C@@H](Nc1cnc3ccccc3n1)C2. The topological polar surface area (TPSA) is 83.0 Å². The minimum atomic E-state index is -0.449. The van der Waals surface area contributed by atoms with E-state index in [1.165, 1.54) is 0 Å². The number of piperidine rings is 1. The Hall–Kier alpha value is -3.06. The Morgan fingerprint density at radius 1 is 1.10 bits per heavy atom. The van der Waals surface area contributed by atoms with Crippen LogP contribution in [0.15, 0.2) is 54.9 Å². The average Bonchev–Trinajstić information content (AvgIpc) is 3.17. The summed E-state index contributed by atoms with van der Waals surface area (Å²) in [6.07, 6.45) is 7.42. The number of benzene rings is 1. The molecule has 4 heterocycles. The van der Waals surface area contributed by atoms with Crippen molar-refractivity contribution in [3.05, 3.63) is 60.6 Å².